The first-order valence-corrected chi connectivity index (χ1v) is 6.74. The second-order valence-electron chi connectivity index (χ2n) is 5.01. The van der Waals surface area contributed by atoms with E-state index in [0.717, 1.165) is 53.9 Å². The summed E-state index contributed by atoms with van der Waals surface area (Å²) >= 11 is 0. The number of nitrogens with zero attached hydrogens (tertiary/aromatic N) is 3. The lowest BCUT2D eigenvalue weighted by atomic mass is 10.2. The van der Waals surface area contributed by atoms with Crippen LogP contribution in [0.2, 0.25) is 0 Å². The largest absolute Gasteiger partial charge is 0.508 e. The summed E-state index contributed by atoms with van der Waals surface area (Å²) in [7, 11) is 0. The Morgan fingerprint density at radius 2 is 2.00 bits per heavy atom. The summed E-state index contributed by atoms with van der Waals surface area (Å²) in [5.41, 5.74) is 1.78. The van der Waals surface area contributed by atoms with Gasteiger partial charge < -0.3 is 20.3 Å². The fourth-order valence-corrected chi connectivity index (χ4v) is 2.81. The zero-order valence-electron chi connectivity index (χ0n) is 10.9. The number of benzene rings is 1. The highest BCUT2D eigenvalue weighted by atomic mass is 16.3. The third-order valence-corrected chi connectivity index (χ3v) is 3.77. The van der Waals surface area contributed by atoms with Gasteiger partial charge in [0.25, 0.3) is 0 Å². The molecule has 0 radical (unpaired) electrons. The maximum absolute atomic E-state index is 9.73. The third kappa shape index (κ3) is 1.69. The number of fused-ring (bicyclic) bond motifs is 3. The van der Waals surface area contributed by atoms with Gasteiger partial charge in [-0.2, -0.15) is 0 Å². The van der Waals surface area contributed by atoms with Crippen molar-refractivity contribution in [3.8, 4) is 5.75 Å². The van der Waals surface area contributed by atoms with Crippen molar-refractivity contribution in [2.24, 2.45) is 0 Å². The third-order valence-electron chi connectivity index (χ3n) is 3.77. The van der Waals surface area contributed by atoms with Crippen LogP contribution >= 0.6 is 0 Å². The van der Waals surface area contributed by atoms with Crippen molar-refractivity contribution in [1.82, 2.24) is 20.3 Å². The summed E-state index contributed by atoms with van der Waals surface area (Å²) in [4.78, 5) is 14.3. The molecule has 0 bridgehead atoms. The van der Waals surface area contributed by atoms with Crippen molar-refractivity contribution in [3.63, 3.8) is 0 Å². The van der Waals surface area contributed by atoms with Crippen LogP contribution in [0.25, 0.3) is 21.9 Å². The Morgan fingerprint density at radius 3 is 2.85 bits per heavy atom. The van der Waals surface area contributed by atoms with Crippen LogP contribution in [-0.2, 0) is 0 Å². The van der Waals surface area contributed by atoms with Crippen molar-refractivity contribution < 1.29 is 5.11 Å². The number of piperazine rings is 1. The predicted molar refractivity (Wildman–Crippen MR) is 78.1 cm³/mol. The van der Waals surface area contributed by atoms with E-state index < -0.39 is 0 Å². The summed E-state index contributed by atoms with van der Waals surface area (Å²) < 4.78 is 0. The molecule has 1 aliphatic rings. The minimum Gasteiger partial charge on any atom is -0.508 e. The minimum absolute atomic E-state index is 0.258. The molecule has 20 heavy (non-hydrogen) atoms. The molecular formula is C14H15N5O. The van der Waals surface area contributed by atoms with Crippen LogP contribution in [0, 0.1) is 0 Å². The maximum atomic E-state index is 9.73. The molecular weight excluding hydrogens is 254 g/mol. The molecule has 6 heteroatoms. The van der Waals surface area contributed by atoms with Crippen LogP contribution in [0.3, 0.4) is 0 Å². The molecule has 0 unspecified atom stereocenters. The summed E-state index contributed by atoms with van der Waals surface area (Å²) in [6.07, 6.45) is 1.59. The number of aromatic amines is 1. The molecule has 3 aromatic rings. The van der Waals surface area contributed by atoms with Crippen LogP contribution in [0.5, 0.6) is 5.75 Å². The number of aromatic hydroxyl groups is 1. The van der Waals surface area contributed by atoms with Crippen molar-refractivity contribution in [3.05, 3.63) is 24.5 Å². The van der Waals surface area contributed by atoms with Gasteiger partial charge in [0, 0.05) is 37.1 Å². The molecule has 3 heterocycles. The fraction of sp³-hybridized carbons (Fsp3) is 0.286. The quantitative estimate of drug-likeness (QED) is 0.619. The van der Waals surface area contributed by atoms with Gasteiger partial charge in [-0.05, 0) is 18.2 Å². The van der Waals surface area contributed by atoms with Crippen molar-refractivity contribution >= 4 is 27.8 Å². The molecule has 0 saturated carbocycles. The van der Waals surface area contributed by atoms with Gasteiger partial charge in [-0.25, -0.2) is 9.97 Å². The number of rotatable bonds is 1. The van der Waals surface area contributed by atoms with E-state index in [1.165, 1.54) is 0 Å². The molecule has 6 nitrogen and oxygen atoms in total. The molecule has 4 rings (SSSR count). The van der Waals surface area contributed by atoms with Crippen molar-refractivity contribution in [2.75, 3.05) is 31.1 Å². The number of phenolic OH excluding ortho intramolecular Hbond substituents is 1. The topological polar surface area (TPSA) is 77.1 Å². The minimum atomic E-state index is 0.258. The summed E-state index contributed by atoms with van der Waals surface area (Å²) in [6, 6.07) is 5.31. The molecule has 1 aliphatic heterocycles. The number of hydrogen-bond acceptors (Lipinski definition) is 5. The van der Waals surface area contributed by atoms with Gasteiger partial charge in [0.2, 0.25) is 0 Å². The number of nitrogens with one attached hydrogen (secondary N) is 2. The SMILES string of the molecule is Oc1ccc2[nH]c3ncnc(N4CCNCC4)c3c2c1. The maximum Gasteiger partial charge on any atom is 0.143 e. The van der Waals surface area contributed by atoms with Crippen LogP contribution in [0.15, 0.2) is 24.5 Å². The standard InChI is InChI=1S/C14H15N5O/c20-9-1-2-11-10(7-9)12-13(18-11)16-8-17-14(12)19-5-3-15-4-6-19/h1-2,7-8,15,20H,3-6H2,(H,16,17,18). The average Bonchev–Trinajstić information content (AvgIpc) is 2.86. The van der Waals surface area contributed by atoms with Crippen molar-refractivity contribution in [2.45, 2.75) is 0 Å². The molecule has 1 saturated heterocycles. The Balaban J connectivity index is 1.99. The molecule has 1 aromatic carbocycles. The Bertz CT molecular complexity index is 776. The first-order chi connectivity index (χ1) is 9.83. The smallest absolute Gasteiger partial charge is 0.143 e. The highest BCUT2D eigenvalue weighted by Crippen LogP contribution is 2.32. The van der Waals surface area contributed by atoms with Crippen LogP contribution in [0.1, 0.15) is 0 Å². The van der Waals surface area contributed by atoms with E-state index in [2.05, 4.69) is 25.2 Å². The first-order valence-electron chi connectivity index (χ1n) is 6.74. The zero-order chi connectivity index (χ0) is 13.5. The van der Waals surface area contributed by atoms with E-state index in [9.17, 15) is 5.11 Å². The molecule has 2 aromatic heterocycles. The lowest BCUT2D eigenvalue weighted by Crippen LogP contribution is -2.44. The summed E-state index contributed by atoms with van der Waals surface area (Å²) in [5, 5.41) is 15.0. The zero-order valence-corrected chi connectivity index (χ0v) is 10.9. The van der Waals surface area contributed by atoms with E-state index in [1.54, 1.807) is 18.5 Å². The summed E-state index contributed by atoms with van der Waals surface area (Å²) in [5.74, 6) is 1.20. The highest BCUT2D eigenvalue weighted by molar-refractivity contribution is 6.11. The lowest BCUT2D eigenvalue weighted by molar-refractivity contribution is 0.476. The monoisotopic (exact) mass is 269 g/mol. The number of anilines is 1. The molecule has 1 fully saturated rings. The predicted octanol–water partition coefficient (Wildman–Crippen LogP) is 1.23. The van der Waals surface area contributed by atoms with Gasteiger partial charge in [0.05, 0.1) is 5.39 Å². The second-order valence-corrected chi connectivity index (χ2v) is 5.01. The van der Waals surface area contributed by atoms with Crippen LogP contribution in [0.4, 0.5) is 5.82 Å². The lowest BCUT2D eigenvalue weighted by Gasteiger charge is -2.28. The molecule has 0 aliphatic carbocycles. The van der Waals surface area contributed by atoms with Crippen LogP contribution < -0.4 is 10.2 Å². The number of hydrogen-bond donors (Lipinski definition) is 3. The van der Waals surface area contributed by atoms with E-state index in [-0.39, 0.29) is 5.75 Å². The Kier molecular flexibility index (Phi) is 2.50. The molecule has 0 spiro atoms. The van der Waals surface area contributed by atoms with Gasteiger partial charge in [0.15, 0.2) is 0 Å². The van der Waals surface area contributed by atoms with Gasteiger partial charge in [0.1, 0.15) is 23.5 Å². The molecule has 0 amide bonds. The average molecular weight is 269 g/mol. The normalized spacial score (nSPS) is 16.1. The summed E-state index contributed by atoms with van der Waals surface area (Å²) in [6.45, 7) is 3.77. The van der Waals surface area contributed by atoms with E-state index in [4.69, 9.17) is 0 Å². The molecule has 102 valence electrons. The Morgan fingerprint density at radius 1 is 1.15 bits per heavy atom. The fourth-order valence-electron chi connectivity index (χ4n) is 2.81. The highest BCUT2D eigenvalue weighted by Gasteiger charge is 2.18. The second kappa shape index (κ2) is 4.35. The van der Waals surface area contributed by atoms with Crippen molar-refractivity contribution in [1.29, 1.82) is 0 Å². The van der Waals surface area contributed by atoms with Gasteiger partial charge in [-0.3, -0.25) is 0 Å². The van der Waals surface area contributed by atoms with Gasteiger partial charge in [-0.15, -0.1) is 0 Å². The molecule has 0 atom stereocenters. The Hall–Kier alpha value is -2.34. The Labute approximate surface area is 115 Å². The number of H-pyrrole nitrogens is 1. The van der Waals surface area contributed by atoms with E-state index >= 15 is 0 Å². The van der Waals surface area contributed by atoms with Gasteiger partial charge in [-0.1, -0.05) is 0 Å². The van der Waals surface area contributed by atoms with Gasteiger partial charge >= 0.3 is 0 Å². The van der Waals surface area contributed by atoms with Crippen LogP contribution in [-0.4, -0.2) is 46.2 Å². The van der Waals surface area contributed by atoms with E-state index in [1.807, 2.05) is 6.07 Å². The first kappa shape index (κ1) is 11.5. The number of aromatic nitrogens is 3. The van der Waals surface area contributed by atoms with E-state index in [0.29, 0.717) is 0 Å². The molecule has 3 N–H and O–H groups in total. The number of phenols is 1.